The fourth-order valence-electron chi connectivity index (χ4n) is 0.237. The lowest BCUT2D eigenvalue weighted by molar-refractivity contribution is -0.278. The second-order valence-electron chi connectivity index (χ2n) is 1.26. The van der Waals surface area contributed by atoms with Gasteiger partial charge in [-0.25, -0.2) is 9.78 Å². The molecule has 0 aliphatic rings. The van der Waals surface area contributed by atoms with E-state index < -0.39 is 6.29 Å². The minimum atomic E-state index is -1.30. The average molecular weight is 122 g/mol. The second kappa shape index (κ2) is 4.99. The largest absolute Gasteiger partial charge is 0.368 e. The van der Waals surface area contributed by atoms with Crippen LogP contribution < -0.4 is 0 Å². The van der Waals surface area contributed by atoms with Crippen LogP contribution in [-0.4, -0.2) is 30.2 Å². The van der Waals surface area contributed by atoms with E-state index in [2.05, 4.69) is 9.78 Å². The smallest absolute Gasteiger partial charge is 0.153 e. The van der Waals surface area contributed by atoms with Crippen LogP contribution in [0.1, 0.15) is 6.42 Å². The Morgan fingerprint density at radius 2 is 2.12 bits per heavy atom. The van der Waals surface area contributed by atoms with E-state index in [1.165, 1.54) is 7.11 Å². The Kier molecular flexibility index (Phi) is 4.89. The van der Waals surface area contributed by atoms with Crippen LogP contribution in [0.2, 0.25) is 0 Å². The lowest BCUT2D eigenvalue weighted by Gasteiger charge is -2.00. The molecule has 0 aliphatic heterocycles. The van der Waals surface area contributed by atoms with Gasteiger partial charge in [-0.05, 0) is 0 Å². The van der Waals surface area contributed by atoms with Crippen LogP contribution in [0.3, 0.4) is 0 Å². The summed E-state index contributed by atoms with van der Waals surface area (Å²) < 4.78 is 0. The van der Waals surface area contributed by atoms with Crippen molar-refractivity contribution in [3.8, 4) is 0 Å². The Bertz CT molecular complexity index is 45.3. The first kappa shape index (κ1) is 7.84. The number of rotatable bonds is 4. The Balaban J connectivity index is 2.72. The fraction of sp³-hybridized carbons (Fsp3) is 1.00. The van der Waals surface area contributed by atoms with E-state index >= 15 is 0 Å². The maximum atomic E-state index is 8.20. The van der Waals surface area contributed by atoms with Crippen molar-refractivity contribution in [3.05, 3.63) is 0 Å². The van der Waals surface area contributed by atoms with E-state index in [-0.39, 0.29) is 13.0 Å². The molecule has 0 aliphatic carbocycles. The van der Waals surface area contributed by atoms with Crippen LogP contribution in [-0.2, 0) is 9.78 Å². The third-order valence-corrected chi connectivity index (χ3v) is 0.577. The minimum absolute atomic E-state index is 0.174. The third-order valence-electron chi connectivity index (χ3n) is 0.577. The summed E-state index contributed by atoms with van der Waals surface area (Å²) in [5.41, 5.74) is 0. The molecule has 0 bridgehead atoms. The van der Waals surface area contributed by atoms with Gasteiger partial charge in [0.05, 0.1) is 13.7 Å². The van der Waals surface area contributed by atoms with Crippen molar-refractivity contribution in [2.45, 2.75) is 12.7 Å². The van der Waals surface area contributed by atoms with Gasteiger partial charge in [0.1, 0.15) is 0 Å². The first-order chi connectivity index (χ1) is 3.77. The van der Waals surface area contributed by atoms with Crippen molar-refractivity contribution >= 4 is 0 Å². The van der Waals surface area contributed by atoms with Crippen molar-refractivity contribution in [1.82, 2.24) is 0 Å². The summed E-state index contributed by atoms with van der Waals surface area (Å²) in [6, 6.07) is 0. The van der Waals surface area contributed by atoms with Crippen molar-refractivity contribution in [3.63, 3.8) is 0 Å². The predicted octanol–water partition coefficient (Wildman–Crippen LogP) is -0.735. The van der Waals surface area contributed by atoms with Gasteiger partial charge < -0.3 is 10.2 Å². The molecule has 2 N–H and O–H groups in total. The summed E-state index contributed by atoms with van der Waals surface area (Å²) in [5.74, 6) is 0. The van der Waals surface area contributed by atoms with Gasteiger partial charge in [-0.1, -0.05) is 0 Å². The minimum Gasteiger partial charge on any atom is -0.368 e. The van der Waals surface area contributed by atoms with Gasteiger partial charge in [0.2, 0.25) is 0 Å². The quantitative estimate of drug-likeness (QED) is 0.223. The Hall–Kier alpha value is -0.160. The molecule has 0 radical (unpaired) electrons. The fourth-order valence-corrected chi connectivity index (χ4v) is 0.237. The lowest BCUT2D eigenvalue weighted by Crippen LogP contribution is -2.08. The Labute approximate surface area is 47.6 Å². The highest BCUT2D eigenvalue weighted by atomic mass is 17.2. The SMILES string of the molecule is COOCCC(O)O. The summed E-state index contributed by atoms with van der Waals surface area (Å²) in [6.45, 7) is 0.203. The summed E-state index contributed by atoms with van der Waals surface area (Å²) >= 11 is 0. The molecule has 0 atom stereocenters. The molecule has 0 saturated heterocycles. The highest BCUT2D eigenvalue weighted by Crippen LogP contribution is 1.85. The zero-order valence-electron chi connectivity index (χ0n) is 4.70. The topological polar surface area (TPSA) is 58.9 Å². The van der Waals surface area contributed by atoms with Gasteiger partial charge in [0, 0.05) is 6.42 Å². The van der Waals surface area contributed by atoms with Crippen molar-refractivity contribution in [2.75, 3.05) is 13.7 Å². The zero-order valence-corrected chi connectivity index (χ0v) is 4.70. The normalized spacial score (nSPS) is 10.5. The second-order valence-corrected chi connectivity index (χ2v) is 1.26. The van der Waals surface area contributed by atoms with E-state index in [9.17, 15) is 0 Å². The molecule has 0 saturated carbocycles. The zero-order chi connectivity index (χ0) is 6.41. The van der Waals surface area contributed by atoms with Gasteiger partial charge in [-0.3, -0.25) is 0 Å². The van der Waals surface area contributed by atoms with Crippen molar-refractivity contribution in [1.29, 1.82) is 0 Å². The summed E-state index contributed by atoms with van der Waals surface area (Å²) in [4.78, 5) is 8.49. The van der Waals surface area contributed by atoms with Gasteiger partial charge in [-0.15, -0.1) is 0 Å². The highest BCUT2D eigenvalue weighted by molar-refractivity contribution is 4.32. The first-order valence-corrected chi connectivity index (χ1v) is 2.29. The molecule has 0 unspecified atom stereocenters. The van der Waals surface area contributed by atoms with Crippen LogP contribution in [0, 0.1) is 0 Å². The summed E-state index contributed by atoms with van der Waals surface area (Å²) in [6.07, 6.45) is -1.13. The van der Waals surface area contributed by atoms with Gasteiger partial charge in [0.25, 0.3) is 0 Å². The molecule has 0 spiro atoms. The molecule has 8 heavy (non-hydrogen) atoms. The first-order valence-electron chi connectivity index (χ1n) is 2.29. The van der Waals surface area contributed by atoms with Crippen LogP contribution in [0.4, 0.5) is 0 Å². The molecular weight excluding hydrogens is 112 g/mol. The third kappa shape index (κ3) is 5.84. The van der Waals surface area contributed by atoms with Crippen molar-refractivity contribution < 1.29 is 20.0 Å². The van der Waals surface area contributed by atoms with E-state index in [4.69, 9.17) is 10.2 Å². The van der Waals surface area contributed by atoms with Gasteiger partial charge >= 0.3 is 0 Å². The lowest BCUT2D eigenvalue weighted by atomic mass is 10.5. The van der Waals surface area contributed by atoms with Crippen LogP contribution in [0.15, 0.2) is 0 Å². The molecule has 0 aromatic rings. The molecule has 0 aromatic carbocycles. The predicted molar refractivity (Wildman–Crippen MR) is 25.8 cm³/mol. The standard InChI is InChI=1S/C4H10O4/c1-7-8-3-2-4(5)6/h4-6H,2-3H2,1H3. The van der Waals surface area contributed by atoms with Crippen LogP contribution >= 0.6 is 0 Å². The number of aliphatic hydroxyl groups excluding tert-OH is 1. The molecule has 0 aromatic heterocycles. The summed E-state index contributed by atoms with van der Waals surface area (Å²) in [5, 5.41) is 16.4. The van der Waals surface area contributed by atoms with Crippen molar-refractivity contribution in [2.24, 2.45) is 0 Å². The monoisotopic (exact) mass is 122 g/mol. The molecule has 4 nitrogen and oxygen atoms in total. The van der Waals surface area contributed by atoms with Gasteiger partial charge in [-0.2, -0.15) is 0 Å². The Morgan fingerprint density at radius 3 is 2.50 bits per heavy atom. The number of hydrogen-bond acceptors (Lipinski definition) is 4. The van der Waals surface area contributed by atoms with Crippen LogP contribution in [0.25, 0.3) is 0 Å². The maximum absolute atomic E-state index is 8.20. The average Bonchev–Trinajstić information content (AvgIpc) is 1.66. The maximum Gasteiger partial charge on any atom is 0.153 e. The van der Waals surface area contributed by atoms with E-state index in [0.29, 0.717) is 0 Å². The molecule has 4 heteroatoms. The molecule has 50 valence electrons. The molecule has 0 fully saturated rings. The molecule has 0 amide bonds. The number of aliphatic hydroxyl groups is 2. The number of hydrogen-bond donors (Lipinski definition) is 2. The molecular formula is C4H10O4. The van der Waals surface area contributed by atoms with Gasteiger partial charge in [0.15, 0.2) is 6.29 Å². The molecule has 0 heterocycles. The molecule has 0 rings (SSSR count). The highest BCUT2D eigenvalue weighted by Gasteiger charge is 1.94. The van der Waals surface area contributed by atoms with Crippen LogP contribution in [0.5, 0.6) is 0 Å². The van der Waals surface area contributed by atoms with E-state index in [1.54, 1.807) is 0 Å². The van der Waals surface area contributed by atoms with E-state index in [1.807, 2.05) is 0 Å². The Morgan fingerprint density at radius 1 is 1.50 bits per heavy atom. The summed E-state index contributed by atoms with van der Waals surface area (Å²) in [7, 11) is 1.36. The van der Waals surface area contributed by atoms with E-state index in [0.717, 1.165) is 0 Å².